The molecule has 1 unspecified atom stereocenters. The number of hydrogen-bond donors (Lipinski definition) is 1. The molecular weight excluding hydrogens is 893 g/mol. The highest BCUT2D eigenvalue weighted by Gasteiger charge is 2.27. The van der Waals surface area contributed by atoms with Crippen LogP contribution in [-0.2, 0) is 34.1 Å². The molecule has 10 rings (SSSR count). The van der Waals surface area contributed by atoms with Crippen LogP contribution in [0.15, 0.2) is 138 Å². The van der Waals surface area contributed by atoms with Crippen LogP contribution in [-0.4, -0.2) is 66.5 Å². The Morgan fingerprint density at radius 2 is 1.07 bits per heavy atom. The molecule has 1 atom stereocenters. The van der Waals surface area contributed by atoms with Gasteiger partial charge in [-0.2, -0.15) is 10.2 Å². The third kappa shape index (κ3) is 10.3. The molecule has 0 saturated heterocycles. The standard InChI is InChI=1S/C25H28N4O2S.C25H26N4O2S.CH4O.2CH4/c2*1-3-18-9-11-19(12-10-18)20-13-23-24(21-15-27-28(2)16-21)17-29(25(23)26-14-20)32(30,31)22-7-5-4-6-8-22;1-2;;/h4-8,13-19H,3,9-12H2,1-2H3;4-8,11,13-18H,3,9-10,12H2,1-2H3;2H,1H3;2*1H4. The molecule has 13 nitrogen and oxygen atoms in total. The van der Waals surface area contributed by atoms with E-state index in [1.807, 2.05) is 44.9 Å². The fourth-order valence-electron chi connectivity index (χ4n) is 9.36. The minimum absolute atomic E-state index is 0. The molecule has 0 bridgehead atoms. The summed E-state index contributed by atoms with van der Waals surface area (Å²) in [5, 5.41) is 17.3. The molecule has 68 heavy (non-hydrogen) atoms. The summed E-state index contributed by atoms with van der Waals surface area (Å²) in [5.74, 6) is 2.05. The fourth-order valence-corrected chi connectivity index (χ4v) is 12.0. The Kier molecular flexibility index (Phi) is 16.5. The third-order valence-corrected chi connectivity index (χ3v) is 16.6. The summed E-state index contributed by atoms with van der Waals surface area (Å²) in [5.41, 5.74) is 7.83. The highest BCUT2D eigenvalue weighted by Crippen LogP contribution is 2.40. The van der Waals surface area contributed by atoms with E-state index in [0.717, 1.165) is 83.2 Å². The number of fused-ring (bicyclic) bond motifs is 2. The Morgan fingerprint density at radius 1 is 0.588 bits per heavy atom. The second-order valence-corrected chi connectivity index (χ2v) is 20.9. The predicted molar refractivity (Wildman–Crippen MR) is 274 cm³/mol. The molecule has 1 saturated carbocycles. The number of nitrogens with zero attached hydrogens (tertiary/aromatic N) is 8. The number of pyridine rings is 2. The van der Waals surface area contributed by atoms with Crippen molar-refractivity contribution in [2.24, 2.45) is 25.9 Å². The van der Waals surface area contributed by atoms with Gasteiger partial charge in [0.25, 0.3) is 20.0 Å². The summed E-state index contributed by atoms with van der Waals surface area (Å²) in [4.78, 5) is 9.84. The van der Waals surface area contributed by atoms with Gasteiger partial charge in [-0.25, -0.2) is 34.7 Å². The topological polar surface area (TPSA) is 160 Å². The number of allylic oxidation sites excluding steroid dienone is 2. The summed E-state index contributed by atoms with van der Waals surface area (Å²) in [6.45, 7) is 4.52. The van der Waals surface area contributed by atoms with Crippen LogP contribution in [0.1, 0.15) is 104 Å². The summed E-state index contributed by atoms with van der Waals surface area (Å²) in [7, 11) is -2.84. The van der Waals surface area contributed by atoms with Crippen LogP contribution in [0.5, 0.6) is 0 Å². The molecular formula is C53H66N8O5S2. The Bertz CT molecular complexity index is 3200. The molecule has 2 aliphatic rings. The van der Waals surface area contributed by atoms with E-state index < -0.39 is 20.0 Å². The minimum Gasteiger partial charge on any atom is -0.400 e. The lowest BCUT2D eigenvalue weighted by molar-refractivity contribution is 0.318. The third-order valence-electron chi connectivity index (χ3n) is 13.2. The summed E-state index contributed by atoms with van der Waals surface area (Å²) in [6.07, 6.45) is 27.3. The molecule has 0 spiro atoms. The van der Waals surface area contributed by atoms with Gasteiger partial charge in [0.2, 0.25) is 0 Å². The van der Waals surface area contributed by atoms with Crippen LogP contribution in [0.25, 0.3) is 49.9 Å². The van der Waals surface area contributed by atoms with E-state index in [9.17, 15) is 16.8 Å². The first-order chi connectivity index (χ1) is 31.9. The summed E-state index contributed by atoms with van der Waals surface area (Å²) >= 11 is 0. The van der Waals surface area contributed by atoms with E-state index in [-0.39, 0.29) is 24.6 Å². The van der Waals surface area contributed by atoms with Crippen molar-refractivity contribution in [3.8, 4) is 22.3 Å². The van der Waals surface area contributed by atoms with Gasteiger partial charge in [-0.1, -0.05) is 84.0 Å². The zero-order valence-electron chi connectivity index (χ0n) is 38.2. The summed E-state index contributed by atoms with van der Waals surface area (Å²) < 4.78 is 59.9. The van der Waals surface area contributed by atoms with Crippen molar-refractivity contribution in [1.29, 1.82) is 0 Å². The number of benzene rings is 2. The van der Waals surface area contributed by atoms with E-state index in [2.05, 4.69) is 47.2 Å². The lowest BCUT2D eigenvalue weighted by Crippen LogP contribution is -2.14. The van der Waals surface area contributed by atoms with Crippen LogP contribution < -0.4 is 0 Å². The molecule has 0 radical (unpaired) electrons. The van der Waals surface area contributed by atoms with E-state index >= 15 is 0 Å². The van der Waals surface area contributed by atoms with Crippen LogP contribution in [0.2, 0.25) is 0 Å². The van der Waals surface area contributed by atoms with Crippen molar-refractivity contribution in [1.82, 2.24) is 37.5 Å². The Morgan fingerprint density at radius 3 is 1.51 bits per heavy atom. The molecule has 15 heteroatoms. The van der Waals surface area contributed by atoms with Gasteiger partial charge in [0.15, 0.2) is 11.3 Å². The van der Waals surface area contributed by atoms with E-state index in [1.165, 1.54) is 51.2 Å². The van der Waals surface area contributed by atoms with Crippen molar-refractivity contribution in [2.75, 3.05) is 7.11 Å². The molecule has 2 aliphatic carbocycles. The quantitative estimate of drug-likeness (QED) is 0.141. The van der Waals surface area contributed by atoms with Gasteiger partial charge in [0, 0.05) is 91.4 Å². The first-order valence-electron chi connectivity index (χ1n) is 22.7. The maximum atomic E-state index is 13.5. The van der Waals surface area contributed by atoms with Crippen molar-refractivity contribution in [3.63, 3.8) is 0 Å². The van der Waals surface area contributed by atoms with Gasteiger partial charge >= 0.3 is 0 Å². The van der Waals surface area contributed by atoms with E-state index in [1.54, 1.807) is 88.7 Å². The average molecular weight is 959 g/mol. The SMILES string of the molecule is C.C.CCC1CC=C(c2cnc3c(c2)c(-c2cnn(C)c2)cn3S(=O)(=O)c2ccccc2)CC1.CCC1CCC(c2cnc3c(c2)c(-c2cnn(C)c2)cn3S(=O)(=O)c2ccccc2)CC1.CO. The molecule has 0 amide bonds. The van der Waals surface area contributed by atoms with Crippen molar-refractivity contribution >= 4 is 47.7 Å². The van der Waals surface area contributed by atoms with E-state index in [4.69, 9.17) is 10.1 Å². The maximum absolute atomic E-state index is 13.5. The van der Waals surface area contributed by atoms with Gasteiger partial charge in [0.05, 0.1) is 22.2 Å². The zero-order chi connectivity index (χ0) is 46.6. The Balaban J connectivity index is 0.000000210. The smallest absolute Gasteiger partial charge is 0.269 e. The largest absolute Gasteiger partial charge is 0.400 e. The maximum Gasteiger partial charge on any atom is 0.269 e. The number of hydrogen-bond acceptors (Lipinski definition) is 9. The monoisotopic (exact) mass is 958 g/mol. The Labute approximate surface area is 402 Å². The lowest BCUT2D eigenvalue weighted by atomic mass is 9.78. The molecule has 6 aromatic heterocycles. The number of rotatable bonds is 10. The van der Waals surface area contributed by atoms with Crippen LogP contribution in [0.3, 0.4) is 0 Å². The molecule has 1 N–H and O–H groups in total. The van der Waals surface area contributed by atoms with Crippen LogP contribution in [0.4, 0.5) is 0 Å². The second kappa shape index (κ2) is 21.9. The Hall–Kier alpha value is -6.16. The van der Waals surface area contributed by atoms with Crippen molar-refractivity contribution < 1.29 is 21.9 Å². The normalized spacial score (nSPS) is 17.2. The summed E-state index contributed by atoms with van der Waals surface area (Å²) in [6, 6.07) is 21.2. The van der Waals surface area contributed by atoms with Gasteiger partial charge in [-0.05, 0) is 116 Å². The van der Waals surface area contributed by atoms with Crippen LogP contribution in [0, 0.1) is 11.8 Å². The first-order valence-corrected chi connectivity index (χ1v) is 25.6. The fraction of sp³-hybridized carbons (Fsp3) is 0.358. The number of aliphatic hydroxyl groups excluding tert-OH is 1. The first kappa shape index (κ1) is 51.2. The van der Waals surface area contributed by atoms with Crippen molar-refractivity contribution in [3.05, 3.63) is 140 Å². The minimum atomic E-state index is -3.78. The lowest BCUT2D eigenvalue weighted by Gasteiger charge is -2.27. The molecule has 0 aliphatic heterocycles. The highest BCUT2D eigenvalue weighted by molar-refractivity contribution is 7.90. The molecule has 2 aromatic carbocycles. The van der Waals surface area contributed by atoms with E-state index in [0.29, 0.717) is 17.2 Å². The highest BCUT2D eigenvalue weighted by atomic mass is 32.2. The number of aromatic nitrogens is 8. The average Bonchev–Trinajstić information content (AvgIpc) is 4.18. The van der Waals surface area contributed by atoms with Gasteiger partial charge < -0.3 is 5.11 Å². The van der Waals surface area contributed by atoms with Crippen LogP contribution >= 0.6 is 0 Å². The number of aliphatic hydroxyl groups is 1. The molecule has 8 aromatic rings. The molecule has 6 heterocycles. The molecule has 1 fully saturated rings. The van der Waals surface area contributed by atoms with Gasteiger partial charge in [0.1, 0.15) is 0 Å². The van der Waals surface area contributed by atoms with Gasteiger partial charge in [-0.15, -0.1) is 0 Å². The molecule has 360 valence electrons. The van der Waals surface area contributed by atoms with Crippen molar-refractivity contribution in [2.45, 2.75) is 102 Å². The van der Waals surface area contributed by atoms with Gasteiger partial charge in [-0.3, -0.25) is 9.36 Å². The predicted octanol–water partition coefficient (Wildman–Crippen LogP) is 11.5. The zero-order valence-corrected chi connectivity index (χ0v) is 39.8. The second-order valence-electron chi connectivity index (χ2n) is 17.3. The number of aryl methyl sites for hydroxylation is 2.